The summed E-state index contributed by atoms with van der Waals surface area (Å²) in [6.07, 6.45) is 4.45. The second-order valence-corrected chi connectivity index (χ2v) is 1.81. The van der Waals surface area contributed by atoms with Crippen molar-refractivity contribution in [1.82, 2.24) is 15.0 Å². The Kier molecular flexibility index (Phi) is 9.40. The first-order valence-corrected chi connectivity index (χ1v) is 2.97. The summed E-state index contributed by atoms with van der Waals surface area (Å²) in [6.45, 7) is 1.58. The monoisotopic (exact) mass is 198 g/mol. The Labute approximate surface area is 78.0 Å². The van der Waals surface area contributed by atoms with E-state index in [0.29, 0.717) is 6.54 Å². The maximum atomic E-state index is 5.28. The molecule has 0 amide bonds. The van der Waals surface area contributed by atoms with E-state index in [1.54, 1.807) is 10.9 Å². The molecular formula is C5H12Cl2N4. The van der Waals surface area contributed by atoms with E-state index in [1.165, 1.54) is 0 Å². The lowest BCUT2D eigenvalue weighted by molar-refractivity contribution is 0.564. The molecule has 2 N–H and O–H groups in total. The van der Waals surface area contributed by atoms with E-state index in [9.17, 15) is 0 Å². The molecule has 1 aromatic heterocycles. The Bertz CT molecular complexity index is 154. The third kappa shape index (κ3) is 5.01. The number of aromatic nitrogens is 3. The molecule has 0 aromatic carbocycles. The fraction of sp³-hybridized carbons (Fsp3) is 0.600. The minimum Gasteiger partial charge on any atom is -0.330 e. The molecule has 0 saturated carbocycles. The summed E-state index contributed by atoms with van der Waals surface area (Å²) >= 11 is 0. The van der Waals surface area contributed by atoms with Gasteiger partial charge in [0.25, 0.3) is 0 Å². The van der Waals surface area contributed by atoms with Gasteiger partial charge in [-0.2, -0.15) is 0 Å². The van der Waals surface area contributed by atoms with Crippen molar-refractivity contribution in [3.8, 4) is 0 Å². The van der Waals surface area contributed by atoms with E-state index in [4.69, 9.17) is 5.73 Å². The Hall–Kier alpha value is -0.320. The van der Waals surface area contributed by atoms with Crippen molar-refractivity contribution in [2.24, 2.45) is 5.73 Å². The van der Waals surface area contributed by atoms with Crippen molar-refractivity contribution >= 4 is 24.8 Å². The fourth-order valence-corrected chi connectivity index (χ4v) is 0.605. The molecule has 0 saturated heterocycles. The van der Waals surface area contributed by atoms with Crippen LogP contribution in [0, 0.1) is 0 Å². The molecule has 66 valence electrons. The summed E-state index contributed by atoms with van der Waals surface area (Å²) in [5, 5.41) is 7.41. The van der Waals surface area contributed by atoms with Gasteiger partial charge in [-0.25, -0.2) is 0 Å². The first kappa shape index (κ1) is 13.3. The van der Waals surface area contributed by atoms with Crippen LogP contribution in [0.2, 0.25) is 0 Å². The minimum absolute atomic E-state index is 0. The van der Waals surface area contributed by atoms with Crippen LogP contribution in [0.1, 0.15) is 6.42 Å². The lowest BCUT2D eigenvalue weighted by atomic mass is 10.4. The number of nitrogens with two attached hydrogens (primary N) is 1. The summed E-state index contributed by atoms with van der Waals surface area (Å²) in [7, 11) is 0. The van der Waals surface area contributed by atoms with Crippen LogP contribution in [0.3, 0.4) is 0 Å². The predicted octanol–water partition coefficient (Wildman–Crippen LogP) is 0.470. The highest BCUT2D eigenvalue weighted by molar-refractivity contribution is 5.85. The zero-order valence-corrected chi connectivity index (χ0v) is 7.64. The summed E-state index contributed by atoms with van der Waals surface area (Å²) in [6, 6.07) is 0. The van der Waals surface area contributed by atoms with Crippen molar-refractivity contribution in [2.45, 2.75) is 13.0 Å². The normalized spacial score (nSPS) is 8.09. The van der Waals surface area contributed by atoms with Crippen LogP contribution < -0.4 is 5.73 Å². The molecule has 0 radical (unpaired) electrons. The first-order chi connectivity index (χ1) is 4.43. The van der Waals surface area contributed by atoms with E-state index in [2.05, 4.69) is 10.3 Å². The van der Waals surface area contributed by atoms with Gasteiger partial charge < -0.3 is 5.73 Å². The first-order valence-electron chi connectivity index (χ1n) is 2.97. The van der Waals surface area contributed by atoms with E-state index in [-0.39, 0.29) is 24.8 Å². The second-order valence-electron chi connectivity index (χ2n) is 1.81. The smallest absolute Gasteiger partial charge is 0.0692 e. The van der Waals surface area contributed by atoms with Gasteiger partial charge >= 0.3 is 0 Å². The zero-order valence-electron chi connectivity index (χ0n) is 6.01. The molecule has 1 rings (SSSR count). The van der Waals surface area contributed by atoms with Crippen LogP contribution in [0.5, 0.6) is 0 Å². The summed E-state index contributed by atoms with van der Waals surface area (Å²) < 4.78 is 1.77. The zero-order chi connectivity index (χ0) is 6.53. The molecule has 0 spiro atoms. The largest absolute Gasteiger partial charge is 0.330 e. The van der Waals surface area contributed by atoms with Crippen LogP contribution in [-0.4, -0.2) is 21.5 Å². The minimum atomic E-state index is 0. The molecule has 0 atom stereocenters. The van der Waals surface area contributed by atoms with E-state index in [1.807, 2.05) is 6.20 Å². The van der Waals surface area contributed by atoms with Crippen LogP contribution in [0.15, 0.2) is 12.4 Å². The summed E-state index contributed by atoms with van der Waals surface area (Å²) in [4.78, 5) is 0. The van der Waals surface area contributed by atoms with Crippen LogP contribution in [0.25, 0.3) is 0 Å². The quantitative estimate of drug-likeness (QED) is 0.769. The molecule has 0 aliphatic rings. The topological polar surface area (TPSA) is 56.7 Å². The van der Waals surface area contributed by atoms with Gasteiger partial charge in [-0.3, -0.25) is 4.68 Å². The Balaban J connectivity index is 0. The molecule has 0 aliphatic carbocycles. The number of rotatable bonds is 3. The molecule has 0 fully saturated rings. The number of halogens is 2. The van der Waals surface area contributed by atoms with Gasteiger partial charge in [0.2, 0.25) is 0 Å². The van der Waals surface area contributed by atoms with Crippen LogP contribution in [-0.2, 0) is 6.54 Å². The standard InChI is InChI=1S/C5H10N4.2ClH/c6-2-1-4-9-5-3-7-8-9;;/h3,5H,1-2,4,6H2;2*1H. The fourth-order valence-electron chi connectivity index (χ4n) is 0.605. The van der Waals surface area contributed by atoms with Crippen LogP contribution in [0.4, 0.5) is 0 Å². The Morgan fingerprint density at radius 3 is 2.55 bits per heavy atom. The summed E-state index contributed by atoms with van der Waals surface area (Å²) in [5.74, 6) is 0. The van der Waals surface area contributed by atoms with Gasteiger partial charge in [-0.05, 0) is 13.0 Å². The number of nitrogens with zero attached hydrogens (tertiary/aromatic N) is 3. The van der Waals surface area contributed by atoms with Gasteiger partial charge in [0, 0.05) is 12.7 Å². The number of aryl methyl sites for hydroxylation is 1. The number of hydrogen-bond acceptors (Lipinski definition) is 3. The van der Waals surface area contributed by atoms with Gasteiger partial charge in [0.05, 0.1) is 6.20 Å². The Morgan fingerprint density at radius 1 is 1.36 bits per heavy atom. The molecule has 11 heavy (non-hydrogen) atoms. The van der Waals surface area contributed by atoms with E-state index < -0.39 is 0 Å². The van der Waals surface area contributed by atoms with Crippen molar-refractivity contribution in [1.29, 1.82) is 0 Å². The maximum absolute atomic E-state index is 5.28. The van der Waals surface area contributed by atoms with Gasteiger partial charge in [-0.15, -0.1) is 29.9 Å². The molecular weight excluding hydrogens is 187 g/mol. The van der Waals surface area contributed by atoms with Gasteiger partial charge in [0.15, 0.2) is 0 Å². The second kappa shape index (κ2) is 7.78. The highest BCUT2D eigenvalue weighted by atomic mass is 35.5. The van der Waals surface area contributed by atoms with Crippen LogP contribution >= 0.6 is 24.8 Å². The third-order valence-electron chi connectivity index (χ3n) is 1.06. The van der Waals surface area contributed by atoms with Crippen molar-refractivity contribution in [2.75, 3.05) is 6.54 Å². The maximum Gasteiger partial charge on any atom is 0.0692 e. The molecule has 6 heteroatoms. The summed E-state index contributed by atoms with van der Waals surface area (Å²) in [5.41, 5.74) is 5.28. The SMILES string of the molecule is Cl.Cl.NCCCn1ccnn1. The molecule has 0 unspecified atom stereocenters. The van der Waals surface area contributed by atoms with Crippen molar-refractivity contribution in [3.05, 3.63) is 12.4 Å². The molecule has 4 nitrogen and oxygen atoms in total. The lowest BCUT2D eigenvalue weighted by Crippen LogP contribution is -2.05. The number of hydrogen-bond donors (Lipinski definition) is 1. The Morgan fingerprint density at radius 2 is 2.09 bits per heavy atom. The molecule has 0 bridgehead atoms. The highest BCUT2D eigenvalue weighted by Crippen LogP contribution is 1.83. The van der Waals surface area contributed by atoms with E-state index >= 15 is 0 Å². The molecule has 1 aromatic rings. The third-order valence-corrected chi connectivity index (χ3v) is 1.06. The average Bonchev–Trinajstić information content (AvgIpc) is 2.34. The molecule has 0 aliphatic heterocycles. The van der Waals surface area contributed by atoms with Crippen molar-refractivity contribution in [3.63, 3.8) is 0 Å². The molecule has 1 heterocycles. The van der Waals surface area contributed by atoms with Gasteiger partial charge in [-0.1, -0.05) is 5.21 Å². The van der Waals surface area contributed by atoms with E-state index in [0.717, 1.165) is 13.0 Å². The predicted molar refractivity (Wildman–Crippen MR) is 48.2 cm³/mol. The van der Waals surface area contributed by atoms with Crippen molar-refractivity contribution < 1.29 is 0 Å². The average molecular weight is 199 g/mol. The lowest BCUT2D eigenvalue weighted by Gasteiger charge is -1.94. The van der Waals surface area contributed by atoms with Gasteiger partial charge in [0.1, 0.15) is 0 Å². The highest BCUT2D eigenvalue weighted by Gasteiger charge is 1.86.